The molecule has 0 radical (unpaired) electrons. The van der Waals surface area contributed by atoms with Crippen molar-refractivity contribution >= 4 is 29.1 Å². The first kappa shape index (κ1) is 15.6. The Labute approximate surface area is 130 Å². The van der Waals surface area contributed by atoms with Gasteiger partial charge in [-0.2, -0.15) is 0 Å². The number of halogens is 2. The standard InChI is InChI=1S/C15H20Cl2N2O/c1-10(2)19-8-6-11(7-9-19)18-15(20)14-12(16)4-3-5-13(14)17/h3-5,10-11H,6-9H2,1-2H3,(H,18,20). The van der Waals surface area contributed by atoms with Crippen LogP contribution >= 0.6 is 23.2 Å². The molecule has 1 fully saturated rings. The summed E-state index contributed by atoms with van der Waals surface area (Å²) in [7, 11) is 0. The van der Waals surface area contributed by atoms with E-state index in [4.69, 9.17) is 23.2 Å². The molecule has 0 saturated carbocycles. The van der Waals surface area contributed by atoms with Crippen molar-refractivity contribution in [1.29, 1.82) is 0 Å². The predicted octanol–water partition coefficient (Wildman–Crippen LogP) is 3.60. The van der Waals surface area contributed by atoms with Gasteiger partial charge in [-0.05, 0) is 38.8 Å². The van der Waals surface area contributed by atoms with Crippen LogP contribution in [0.4, 0.5) is 0 Å². The van der Waals surface area contributed by atoms with Crippen LogP contribution in [-0.2, 0) is 0 Å². The number of nitrogens with zero attached hydrogens (tertiary/aromatic N) is 1. The van der Waals surface area contributed by atoms with Crippen LogP contribution in [0.5, 0.6) is 0 Å². The summed E-state index contributed by atoms with van der Waals surface area (Å²) in [4.78, 5) is 14.7. The van der Waals surface area contributed by atoms with Crippen molar-refractivity contribution in [1.82, 2.24) is 10.2 Å². The molecular formula is C15H20Cl2N2O. The average molecular weight is 315 g/mol. The number of hydrogen-bond donors (Lipinski definition) is 1. The molecule has 1 aromatic carbocycles. The molecule has 1 aliphatic rings. The van der Waals surface area contributed by atoms with Gasteiger partial charge in [0.05, 0.1) is 15.6 Å². The lowest BCUT2D eigenvalue weighted by Gasteiger charge is -2.34. The van der Waals surface area contributed by atoms with Gasteiger partial charge in [-0.15, -0.1) is 0 Å². The summed E-state index contributed by atoms with van der Waals surface area (Å²) in [6.07, 6.45) is 1.93. The monoisotopic (exact) mass is 314 g/mol. The molecule has 0 unspecified atom stereocenters. The average Bonchev–Trinajstić information content (AvgIpc) is 2.39. The Balaban J connectivity index is 1.96. The van der Waals surface area contributed by atoms with Crippen LogP contribution in [0.2, 0.25) is 10.0 Å². The third-order valence-electron chi connectivity index (χ3n) is 3.78. The van der Waals surface area contributed by atoms with Crippen molar-refractivity contribution in [3.05, 3.63) is 33.8 Å². The molecule has 1 amide bonds. The summed E-state index contributed by atoms with van der Waals surface area (Å²) in [5.74, 6) is -0.177. The number of likely N-dealkylation sites (tertiary alicyclic amines) is 1. The topological polar surface area (TPSA) is 32.3 Å². The molecule has 110 valence electrons. The lowest BCUT2D eigenvalue weighted by atomic mass is 10.0. The van der Waals surface area contributed by atoms with Crippen LogP contribution < -0.4 is 5.32 Å². The Morgan fingerprint density at radius 3 is 2.30 bits per heavy atom. The van der Waals surface area contributed by atoms with Crippen LogP contribution in [-0.4, -0.2) is 36.0 Å². The van der Waals surface area contributed by atoms with Crippen LogP contribution in [0.1, 0.15) is 37.0 Å². The minimum atomic E-state index is -0.177. The normalized spacial score (nSPS) is 17.4. The molecule has 1 aliphatic heterocycles. The van der Waals surface area contributed by atoms with Crippen molar-refractivity contribution in [3.63, 3.8) is 0 Å². The van der Waals surface area contributed by atoms with E-state index in [1.54, 1.807) is 18.2 Å². The van der Waals surface area contributed by atoms with Crippen LogP contribution in [0.15, 0.2) is 18.2 Å². The van der Waals surface area contributed by atoms with Crippen molar-refractivity contribution in [2.75, 3.05) is 13.1 Å². The van der Waals surface area contributed by atoms with Crippen molar-refractivity contribution < 1.29 is 4.79 Å². The smallest absolute Gasteiger partial charge is 0.254 e. The second-order valence-electron chi connectivity index (χ2n) is 5.47. The zero-order valence-corrected chi connectivity index (χ0v) is 13.3. The van der Waals surface area contributed by atoms with E-state index in [9.17, 15) is 4.79 Å². The Morgan fingerprint density at radius 1 is 1.25 bits per heavy atom. The number of rotatable bonds is 3. The summed E-state index contributed by atoms with van der Waals surface area (Å²) in [5, 5.41) is 3.84. The first-order valence-corrected chi connectivity index (χ1v) is 7.73. The molecular weight excluding hydrogens is 295 g/mol. The van der Waals surface area contributed by atoms with Gasteiger partial charge in [-0.25, -0.2) is 0 Å². The minimum Gasteiger partial charge on any atom is -0.349 e. The number of hydrogen-bond acceptors (Lipinski definition) is 2. The SMILES string of the molecule is CC(C)N1CCC(NC(=O)c2c(Cl)cccc2Cl)CC1. The van der Waals surface area contributed by atoms with Gasteiger partial charge in [0.2, 0.25) is 0 Å². The Bertz CT molecular complexity index is 463. The fourth-order valence-electron chi connectivity index (χ4n) is 2.53. The zero-order chi connectivity index (χ0) is 14.7. The highest BCUT2D eigenvalue weighted by Gasteiger charge is 2.23. The maximum atomic E-state index is 12.3. The molecule has 1 heterocycles. The Kier molecular flexibility index (Phi) is 5.30. The van der Waals surface area contributed by atoms with E-state index in [0.29, 0.717) is 21.7 Å². The van der Waals surface area contributed by atoms with E-state index in [1.807, 2.05) is 0 Å². The van der Waals surface area contributed by atoms with Gasteiger partial charge in [0.15, 0.2) is 0 Å². The minimum absolute atomic E-state index is 0.177. The number of benzene rings is 1. The molecule has 0 spiro atoms. The number of amides is 1. The van der Waals surface area contributed by atoms with Gasteiger partial charge in [-0.1, -0.05) is 29.3 Å². The summed E-state index contributed by atoms with van der Waals surface area (Å²) in [6, 6.07) is 5.87. The van der Waals surface area contributed by atoms with Gasteiger partial charge in [0.1, 0.15) is 0 Å². The number of carbonyl (C=O) groups excluding carboxylic acids is 1. The van der Waals surface area contributed by atoms with Gasteiger partial charge in [0, 0.05) is 25.2 Å². The fourth-order valence-corrected chi connectivity index (χ4v) is 3.10. The first-order valence-electron chi connectivity index (χ1n) is 6.98. The Morgan fingerprint density at radius 2 is 1.80 bits per heavy atom. The van der Waals surface area contributed by atoms with Crippen LogP contribution in [0, 0.1) is 0 Å². The van der Waals surface area contributed by atoms with E-state index in [1.165, 1.54) is 0 Å². The third kappa shape index (κ3) is 3.66. The largest absolute Gasteiger partial charge is 0.349 e. The molecule has 0 aromatic heterocycles. The van der Waals surface area contributed by atoms with Crippen molar-refractivity contribution in [3.8, 4) is 0 Å². The lowest BCUT2D eigenvalue weighted by molar-refractivity contribution is 0.0901. The molecule has 1 saturated heterocycles. The molecule has 5 heteroatoms. The van der Waals surface area contributed by atoms with Gasteiger partial charge in [0.25, 0.3) is 5.91 Å². The van der Waals surface area contributed by atoms with Crippen LogP contribution in [0.3, 0.4) is 0 Å². The van der Waals surface area contributed by atoms with Crippen molar-refractivity contribution in [2.45, 2.75) is 38.8 Å². The quantitative estimate of drug-likeness (QED) is 0.924. The molecule has 0 aliphatic carbocycles. The highest BCUT2D eigenvalue weighted by atomic mass is 35.5. The second-order valence-corrected chi connectivity index (χ2v) is 6.29. The molecule has 3 nitrogen and oxygen atoms in total. The summed E-state index contributed by atoms with van der Waals surface area (Å²) in [5.41, 5.74) is 0.377. The van der Waals surface area contributed by atoms with E-state index in [2.05, 4.69) is 24.1 Å². The van der Waals surface area contributed by atoms with Gasteiger partial charge < -0.3 is 10.2 Å². The molecule has 1 aromatic rings. The highest BCUT2D eigenvalue weighted by molar-refractivity contribution is 6.39. The molecule has 1 N–H and O–H groups in total. The predicted molar refractivity (Wildman–Crippen MR) is 83.7 cm³/mol. The summed E-state index contributed by atoms with van der Waals surface area (Å²) in [6.45, 7) is 6.42. The number of nitrogens with one attached hydrogen (secondary N) is 1. The zero-order valence-electron chi connectivity index (χ0n) is 11.8. The van der Waals surface area contributed by atoms with E-state index >= 15 is 0 Å². The highest BCUT2D eigenvalue weighted by Crippen LogP contribution is 2.24. The van der Waals surface area contributed by atoms with E-state index < -0.39 is 0 Å². The van der Waals surface area contributed by atoms with E-state index in [-0.39, 0.29) is 11.9 Å². The maximum absolute atomic E-state index is 12.3. The molecule has 0 bridgehead atoms. The lowest BCUT2D eigenvalue weighted by Crippen LogP contribution is -2.46. The van der Waals surface area contributed by atoms with E-state index in [0.717, 1.165) is 25.9 Å². The first-order chi connectivity index (χ1) is 9.49. The van der Waals surface area contributed by atoms with Gasteiger partial charge >= 0.3 is 0 Å². The van der Waals surface area contributed by atoms with Crippen LogP contribution in [0.25, 0.3) is 0 Å². The summed E-state index contributed by atoms with van der Waals surface area (Å²) >= 11 is 12.1. The molecule has 2 rings (SSSR count). The number of carbonyl (C=O) groups is 1. The summed E-state index contributed by atoms with van der Waals surface area (Å²) < 4.78 is 0. The van der Waals surface area contributed by atoms with Crippen molar-refractivity contribution in [2.24, 2.45) is 0 Å². The maximum Gasteiger partial charge on any atom is 0.254 e. The van der Waals surface area contributed by atoms with Gasteiger partial charge in [-0.3, -0.25) is 4.79 Å². The third-order valence-corrected chi connectivity index (χ3v) is 4.41. The molecule has 20 heavy (non-hydrogen) atoms. The fraction of sp³-hybridized carbons (Fsp3) is 0.533. The number of piperidine rings is 1. The Hall–Kier alpha value is -0.770. The molecule has 0 atom stereocenters. The second kappa shape index (κ2) is 6.79.